The molecule has 0 fully saturated rings. The summed E-state index contributed by atoms with van der Waals surface area (Å²) >= 11 is 0. The zero-order chi connectivity index (χ0) is 14.7. The van der Waals surface area contributed by atoms with Gasteiger partial charge in [-0.1, -0.05) is 26.0 Å². The van der Waals surface area contributed by atoms with Crippen LogP contribution in [0.5, 0.6) is 0 Å². The normalized spacial score (nSPS) is 14.0. The molecule has 0 unspecified atom stereocenters. The van der Waals surface area contributed by atoms with Crippen LogP contribution in [0.4, 0.5) is 10.5 Å². The van der Waals surface area contributed by atoms with Crippen LogP contribution < -0.4 is 10.2 Å². The topological polar surface area (TPSA) is 35.6 Å². The molecule has 1 aromatic rings. The van der Waals surface area contributed by atoms with E-state index in [1.165, 1.54) is 11.1 Å². The summed E-state index contributed by atoms with van der Waals surface area (Å²) in [4.78, 5) is 16.1. The maximum absolute atomic E-state index is 12.2. The Balaban J connectivity index is 2.02. The highest BCUT2D eigenvalue weighted by Crippen LogP contribution is 2.30. The number of carbonyl (C=O) groups is 1. The number of carbonyl (C=O) groups excluding carboxylic acids is 1. The van der Waals surface area contributed by atoms with E-state index >= 15 is 0 Å². The van der Waals surface area contributed by atoms with Crippen LogP contribution in [0.25, 0.3) is 0 Å². The number of fused-ring (bicyclic) bond motifs is 1. The van der Waals surface area contributed by atoms with Gasteiger partial charge in [0.2, 0.25) is 0 Å². The Morgan fingerprint density at radius 2 is 2.15 bits per heavy atom. The van der Waals surface area contributed by atoms with Crippen LogP contribution >= 0.6 is 0 Å². The lowest BCUT2D eigenvalue weighted by Crippen LogP contribution is -2.41. The number of anilines is 1. The van der Waals surface area contributed by atoms with Crippen LogP contribution in [0, 0.1) is 0 Å². The summed E-state index contributed by atoms with van der Waals surface area (Å²) in [5.74, 6) is 0.531. The van der Waals surface area contributed by atoms with Crippen molar-refractivity contribution in [2.24, 2.45) is 0 Å². The highest BCUT2D eigenvalue weighted by molar-refractivity contribution is 5.94. The Morgan fingerprint density at radius 1 is 1.40 bits per heavy atom. The molecule has 1 heterocycles. The van der Waals surface area contributed by atoms with E-state index in [9.17, 15) is 4.79 Å². The van der Waals surface area contributed by atoms with Crippen molar-refractivity contribution in [1.29, 1.82) is 0 Å². The van der Waals surface area contributed by atoms with E-state index in [1.54, 1.807) is 0 Å². The van der Waals surface area contributed by atoms with Crippen molar-refractivity contribution < 1.29 is 4.79 Å². The molecule has 1 aliphatic rings. The molecule has 0 spiro atoms. The van der Waals surface area contributed by atoms with Crippen molar-refractivity contribution in [2.45, 2.75) is 26.2 Å². The Labute approximate surface area is 121 Å². The van der Waals surface area contributed by atoms with Crippen LogP contribution in [-0.2, 0) is 6.42 Å². The van der Waals surface area contributed by atoms with Crippen molar-refractivity contribution in [1.82, 2.24) is 10.2 Å². The molecule has 110 valence electrons. The van der Waals surface area contributed by atoms with Crippen molar-refractivity contribution in [3.05, 3.63) is 29.3 Å². The van der Waals surface area contributed by atoms with Crippen LogP contribution in [0.1, 0.15) is 30.9 Å². The number of nitrogens with zero attached hydrogens (tertiary/aromatic N) is 2. The van der Waals surface area contributed by atoms with Crippen molar-refractivity contribution in [3.63, 3.8) is 0 Å². The summed E-state index contributed by atoms with van der Waals surface area (Å²) in [6, 6.07) is 6.48. The highest BCUT2D eigenvalue weighted by Gasteiger charge is 2.24. The van der Waals surface area contributed by atoms with Gasteiger partial charge in [-0.05, 0) is 43.6 Å². The largest absolute Gasteiger partial charge is 0.336 e. The van der Waals surface area contributed by atoms with Crippen LogP contribution in [0.2, 0.25) is 0 Å². The van der Waals surface area contributed by atoms with E-state index in [0.717, 1.165) is 25.2 Å². The van der Waals surface area contributed by atoms with Crippen LogP contribution in [0.15, 0.2) is 18.2 Å². The third kappa shape index (κ3) is 3.31. The minimum atomic E-state index is 0.0166. The van der Waals surface area contributed by atoms with Crippen molar-refractivity contribution in [3.8, 4) is 0 Å². The van der Waals surface area contributed by atoms with Gasteiger partial charge < -0.3 is 10.2 Å². The number of likely N-dealkylation sites (N-methyl/N-ethyl adjacent to an activating group) is 1. The number of benzene rings is 1. The second-order valence-electron chi connectivity index (χ2n) is 5.98. The molecule has 1 aromatic carbocycles. The van der Waals surface area contributed by atoms with Crippen LogP contribution in [-0.4, -0.2) is 44.7 Å². The first kappa shape index (κ1) is 14.9. The summed E-state index contributed by atoms with van der Waals surface area (Å²) in [6.45, 7) is 6.72. The standard InChI is InChI=1S/C16H25N3O/c1-12(2)13-5-6-15-14(11-13)7-9-19(15)16(20)17-8-10-18(3)4/h5-6,11-12H,7-10H2,1-4H3,(H,17,20). The zero-order valence-electron chi connectivity index (χ0n) is 12.9. The van der Waals surface area contributed by atoms with Crippen molar-refractivity contribution in [2.75, 3.05) is 38.6 Å². The predicted molar refractivity (Wildman–Crippen MR) is 83.5 cm³/mol. The maximum Gasteiger partial charge on any atom is 0.321 e. The monoisotopic (exact) mass is 275 g/mol. The number of nitrogens with one attached hydrogen (secondary N) is 1. The highest BCUT2D eigenvalue weighted by atomic mass is 16.2. The Hall–Kier alpha value is -1.55. The average molecular weight is 275 g/mol. The summed E-state index contributed by atoms with van der Waals surface area (Å²) in [5, 5.41) is 2.98. The van der Waals surface area contributed by atoms with E-state index < -0.39 is 0 Å². The fraction of sp³-hybridized carbons (Fsp3) is 0.562. The number of amides is 2. The smallest absolute Gasteiger partial charge is 0.321 e. The molecule has 4 heteroatoms. The van der Waals surface area contributed by atoms with Gasteiger partial charge in [-0.15, -0.1) is 0 Å². The molecule has 0 aromatic heterocycles. The number of hydrogen-bond donors (Lipinski definition) is 1. The quantitative estimate of drug-likeness (QED) is 0.916. The minimum absolute atomic E-state index is 0.0166. The van der Waals surface area contributed by atoms with E-state index in [4.69, 9.17) is 0 Å². The molecule has 0 atom stereocenters. The lowest BCUT2D eigenvalue weighted by molar-refractivity contribution is 0.245. The van der Waals surface area contributed by atoms with E-state index in [-0.39, 0.29) is 6.03 Å². The summed E-state index contributed by atoms with van der Waals surface area (Å²) < 4.78 is 0. The molecule has 2 rings (SSSR count). The minimum Gasteiger partial charge on any atom is -0.336 e. The van der Waals surface area contributed by atoms with Gasteiger partial charge in [-0.2, -0.15) is 0 Å². The third-order valence-corrected chi connectivity index (χ3v) is 3.75. The maximum atomic E-state index is 12.2. The van der Waals surface area contributed by atoms with Gasteiger partial charge in [0, 0.05) is 25.3 Å². The van der Waals surface area contributed by atoms with Gasteiger partial charge in [-0.25, -0.2) is 4.79 Å². The number of rotatable bonds is 4. The molecule has 0 radical (unpaired) electrons. The summed E-state index contributed by atoms with van der Waals surface area (Å²) in [6.07, 6.45) is 0.955. The van der Waals surface area contributed by atoms with Gasteiger partial charge in [0.15, 0.2) is 0 Å². The summed E-state index contributed by atoms with van der Waals surface area (Å²) in [5.41, 5.74) is 3.70. The van der Waals surface area contributed by atoms with Gasteiger partial charge in [0.25, 0.3) is 0 Å². The molecular weight excluding hydrogens is 250 g/mol. The lowest BCUT2D eigenvalue weighted by Gasteiger charge is -2.19. The van der Waals surface area contributed by atoms with Gasteiger partial charge in [0.05, 0.1) is 0 Å². The second kappa shape index (κ2) is 6.27. The van der Waals surface area contributed by atoms with Crippen molar-refractivity contribution >= 4 is 11.7 Å². The fourth-order valence-electron chi connectivity index (χ4n) is 2.47. The molecule has 0 bridgehead atoms. The molecule has 1 aliphatic heterocycles. The number of urea groups is 1. The summed E-state index contributed by atoms with van der Waals surface area (Å²) in [7, 11) is 4.01. The van der Waals surface area contributed by atoms with E-state index in [1.807, 2.05) is 19.0 Å². The molecule has 2 amide bonds. The zero-order valence-corrected chi connectivity index (χ0v) is 12.9. The molecule has 0 saturated carbocycles. The Bertz CT molecular complexity index is 483. The van der Waals surface area contributed by atoms with Gasteiger partial charge in [-0.3, -0.25) is 4.90 Å². The fourth-order valence-corrected chi connectivity index (χ4v) is 2.47. The lowest BCUT2D eigenvalue weighted by atomic mass is 10.00. The first-order valence-electron chi connectivity index (χ1n) is 7.32. The van der Waals surface area contributed by atoms with E-state index in [2.05, 4.69) is 42.3 Å². The first-order chi connectivity index (χ1) is 9.49. The SMILES string of the molecule is CC(C)c1ccc2c(c1)CCN2C(=O)NCCN(C)C. The van der Waals surface area contributed by atoms with Gasteiger partial charge in [0.1, 0.15) is 0 Å². The molecule has 4 nitrogen and oxygen atoms in total. The van der Waals surface area contributed by atoms with Crippen LogP contribution in [0.3, 0.4) is 0 Å². The number of hydrogen-bond acceptors (Lipinski definition) is 2. The predicted octanol–water partition coefficient (Wildman–Crippen LogP) is 2.44. The van der Waals surface area contributed by atoms with E-state index in [0.29, 0.717) is 12.5 Å². The third-order valence-electron chi connectivity index (χ3n) is 3.75. The Kier molecular flexibility index (Phi) is 4.65. The molecule has 20 heavy (non-hydrogen) atoms. The second-order valence-corrected chi connectivity index (χ2v) is 5.98. The molecule has 1 N–H and O–H groups in total. The molecule has 0 aliphatic carbocycles. The van der Waals surface area contributed by atoms with Gasteiger partial charge >= 0.3 is 6.03 Å². The first-order valence-corrected chi connectivity index (χ1v) is 7.32. The Morgan fingerprint density at radius 3 is 2.80 bits per heavy atom. The average Bonchev–Trinajstić information content (AvgIpc) is 2.80. The molecule has 0 saturated heterocycles. The molecular formula is C16H25N3O.